The Morgan fingerprint density at radius 3 is 2.59 bits per heavy atom. The summed E-state index contributed by atoms with van der Waals surface area (Å²) in [4.78, 5) is 24.0. The molecule has 120 valence electrons. The van der Waals surface area contributed by atoms with E-state index in [2.05, 4.69) is 10.4 Å². The Morgan fingerprint density at radius 2 is 2.05 bits per heavy atom. The Labute approximate surface area is 128 Å². The van der Waals surface area contributed by atoms with Crippen molar-refractivity contribution in [3.8, 4) is 0 Å². The van der Waals surface area contributed by atoms with Gasteiger partial charge in [0.15, 0.2) is 0 Å². The zero-order chi connectivity index (χ0) is 16.0. The number of nitrogens with zero attached hydrogens (tertiary/aromatic N) is 2. The minimum atomic E-state index is -0.947. The van der Waals surface area contributed by atoms with E-state index in [1.54, 1.807) is 10.9 Å². The summed E-state index contributed by atoms with van der Waals surface area (Å²) in [5, 5.41) is 16.5. The van der Waals surface area contributed by atoms with E-state index in [9.17, 15) is 14.7 Å². The molecule has 0 radical (unpaired) electrons. The fourth-order valence-electron chi connectivity index (χ4n) is 3.65. The Kier molecular flexibility index (Phi) is 3.68. The molecule has 7 nitrogen and oxygen atoms in total. The van der Waals surface area contributed by atoms with E-state index in [0.717, 1.165) is 24.1 Å². The molecule has 1 amide bonds. The van der Waals surface area contributed by atoms with Gasteiger partial charge in [0, 0.05) is 18.3 Å². The van der Waals surface area contributed by atoms with Crippen molar-refractivity contribution in [2.75, 3.05) is 0 Å². The fraction of sp³-hybridized carbons (Fsp3) is 0.667. The second-order valence-electron chi connectivity index (χ2n) is 6.22. The Morgan fingerprint density at radius 1 is 1.41 bits per heavy atom. The maximum atomic E-state index is 12.6. The molecular formula is C15H21N3O4. The number of aromatic nitrogens is 2. The molecular weight excluding hydrogens is 286 g/mol. The first-order valence-electron chi connectivity index (χ1n) is 7.57. The van der Waals surface area contributed by atoms with E-state index in [1.807, 2.05) is 20.9 Å². The normalized spacial score (nSPS) is 31.2. The highest BCUT2D eigenvalue weighted by Gasteiger charge is 2.55. The lowest BCUT2D eigenvalue weighted by Crippen LogP contribution is -2.44. The van der Waals surface area contributed by atoms with Gasteiger partial charge in [-0.25, -0.2) is 0 Å². The second-order valence-corrected chi connectivity index (χ2v) is 6.22. The van der Waals surface area contributed by atoms with E-state index in [0.29, 0.717) is 0 Å². The van der Waals surface area contributed by atoms with Gasteiger partial charge in [-0.05, 0) is 26.7 Å². The predicted molar refractivity (Wildman–Crippen MR) is 77.0 cm³/mol. The molecule has 0 aromatic carbocycles. The number of amides is 1. The van der Waals surface area contributed by atoms with Gasteiger partial charge >= 0.3 is 5.97 Å². The van der Waals surface area contributed by atoms with Crippen molar-refractivity contribution in [1.29, 1.82) is 0 Å². The summed E-state index contributed by atoms with van der Waals surface area (Å²) in [6, 6.07) is -0.213. The van der Waals surface area contributed by atoms with Crippen LogP contribution in [0.25, 0.3) is 0 Å². The topological polar surface area (TPSA) is 93.5 Å². The number of fused-ring (bicyclic) bond motifs is 2. The van der Waals surface area contributed by atoms with Crippen LogP contribution < -0.4 is 5.32 Å². The lowest BCUT2D eigenvalue weighted by molar-refractivity contribution is -0.148. The van der Waals surface area contributed by atoms with Crippen LogP contribution in [0.5, 0.6) is 0 Å². The van der Waals surface area contributed by atoms with Gasteiger partial charge in [-0.2, -0.15) is 5.10 Å². The molecule has 2 N–H and O–H groups in total. The van der Waals surface area contributed by atoms with Crippen molar-refractivity contribution in [2.24, 2.45) is 18.9 Å². The molecule has 3 rings (SSSR count). The highest BCUT2D eigenvalue weighted by atomic mass is 16.5. The summed E-state index contributed by atoms with van der Waals surface area (Å²) in [5.41, 5.74) is 1.92. The lowest BCUT2D eigenvalue weighted by Gasteiger charge is -2.25. The van der Waals surface area contributed by atoms with Crippen LogP contribution in [-0.2, 0) is 21.4 Å². The minimum absolute atomic E-state index is 0.213. The molecule has 2 aliphatic heterocycles. The highest BCUT2D eigenvalue weighted by Crippen LogP contribution is 2.43. The average molecular weight is 307 g/mol. The van der Waals surface area contributed by atoms with E-state index in [4.69, 9.17) is 4.74 Å². The van der Waals surface area contributed by atoms with Crippen LogP contribution in [0.4, 0.5) is 0 Å². The third-order valence-electron chi connectivity index (χ3n) is 4.96. The van der Waals surface area contributed by atoms with Crippen LogP contribution in [0.2, 0.25) is 0 Å². The summed E-state index contributed by atoms with van der Waals surface area (Å²) in [6.45, 7) is 3.82. The molecule has 2 bridgehead atoms. The molecule has 0 unspecified atom stereocenters. The van der Waals surface area contributed by atoms with Gasteiger partial charge < -0.3 is 15.2 Å². The largest absolute Gasteiger partial charge is 0.481 e. The van der Waals surface area contributed by atoms with Gasteiger partial charge in [0.2, 0.25) is 5.91 Å². The first kappa shape index (κ1) is 15.0. The number of aliphatic carboxylic acids is 1. The zero-order valence-corrected chi connectivity index (χ0v) is 12.9. The third kappa shape index (κ3) is 2.29. The molecule has 0 saturated carbocycles. The van der Waals surface area contributed by atoms with Crippen LogP contribution in [-0.4, -0.2) is 39.0 Å². The number of rotatable bonds is 4. The van der Waals surface area contributed by atoms with Crippen molar-refractivity contribution in [3.05, 3.63) is 17.5 Å². The zero-order valence-electron chi connectivity index (χ0n) is 12.9. The number of ether oxygens (including phenoxy) is 1. The van der Waals surface area contributed by atoms with Crippen LogP contribution in [0.1, 0.15) is 37.1 Å². The Balaban J connectivity index is 1.74. The lowest BCUT2D eigenvalue weighted by atomic mass is 9.78. The van der Waals surface area contributed by atoms with Gasteiger partial charge in [-0.3, -0.25) is 14.3 Å². The predicted octanol–water partition coefficient (Wildman–Crippen LogP) is 0.784. The van der Waals surface area contributed by atoms with E-state index >= 15 is 0 Å². The second kappa shape index (κ2) is 5.39. The number of carbonyl (C=O) groups is 2. The fourth-order valence-corrected chi connectivity index (χ4v) is 3.65. The SMILES string of the molecule is Cc1c([C@H](C)NC(=O)[C@H]2[C@@H](C(=O)O)[C@H]3CC[C@H]2O3)cnn1C. The summed E-state index contributed by atoms with van der Waals surface area (Å²) in [5.74, 6) is -2.52. The Hall–Kier alpha value is -1.89. The maximum Gasteiger partial charge on any atom is 0.310 e. The van der Waals surface area contributed by atoms with Crippen molar-refractivity contribution in [2.45, 2.75) is 44.9 Å². The van der Waals surface area contributed by atoms with Crippen LogP contribution in [0, 0.1) is 18.8 Å². The molecule has 2 fully saturated rings. The summed E-state index contributed by atoms with van der Waals surface area (Å²) >= 11 is 0. The van der Waals surface area contributed by atoms with E-state index in [1.165, 1.54) is 0 Å². The first-order valence-corrected chi connectivity index (χ1v) is 7.57. The summed E-state index contributed by atoms with van der Waals surface area (Å²) in [7, 11) is 1.84. The molecule has 2 aliphatic rings. The molecule has 22 heavy (non-hydrogen) atoms. The summed E-state index contributed by atoms with van der Waals surface area (Å²) < 4.78 is 7.39. The maximum absolute atomic E-state index is 12.6. The monoisotopic (exact) mass is 307 g/mol. The van der Waals surface area contributed by atoms with Crippen molar-refractivity contribution >= 4 is 11.9 Å². The van der Waals surface area contributed by atoms with Gasteiger partial charge in [0.05, 0.1) is 36.3 Å². The number of carbonyl (C=O) groups excluding carboxylic acids is 1. The molecule has 5 atom stereocenters. The van der Waals surface area contributed by atoms with Crippen molar-refractivity contribution in [1.82, 2.24) is 15.1 Å². The highest BCUT2D eigenvalue weighted by molar-refractivity contribution is 5.86. The minimum Gasteiger partial charge on any atom is -0.481 e. The van der Waals surface area contributed by atoms with Gasteiger partial charge in [0.25, 0.3) is 0 Å². The standard InChI is InChI=1S/C15H21N3O4/c1-7(9-6-16-18(3)8(9)2)17-14(19)12-10-4-5-11(22-10)13(12)15(20)21/h6-7,10-13H,4-5H2,1-3H3,(H,17,19)(H,20,21)/t7-,10+,11+,12+,13-/m0/s1. The number of hydrogen-bond acceptors (Lipinski definition) is 4. The van der Waals surface area contributed by atoms with Crippen LogP contribution in [0.3, 0.4) is 0 Å². The summed E-state index contributed by atoms with van der Waals surface area (Å²) in [6.07, 6.45) is 2.61. The Bertz CT molecular complexity index is 612. The molecule has 1 aromatic heterocycles. The number of nitrogens with one attached hydrogen (secondary N) is 1. The first-order chi connectivity index (χ1) is 10.4. The third-order valence-corrected chi connectivity index (χ3v) is 4.96. The number of carboxylic acids is 1. The molecule has 3 heterocycles. The smallest absolute Gasteiger partial charge is 0.310 e. The van der Waals surface area contributed by atoms with Crippen LogP contribution >= 0.6 is 0 Å². The molecule has 7 heteroatoms. The van der Waals surface area contributed by atoms with E-state index < -0.39 is 17.8 Å². The average Bonchev–Trinajstić information content (AvgIpc) is 3.14. The van der Waals surface area contributed by atoms with Crippen molar-refractivity contribution < 1.29 is 19.4 Å². The van der Waals surface area contributed by atoms with E-state index in [-0.39, 0.29) is 24.2 Å². The number of aryl methyl sites for hydroxylation is 1. The number of carboxylic acid groups (broad SMARTS) is 1. The quantitative estimate of drug-likeness (QED) is 0.857. The van der Waals surface area contributed by atoms with Crippen LogP contribution in [0.15, 0.2) is 6.20 Å². The van der Waals surface area contributed by atoms with Gasteiger partial charge in [-0.1, -0.05) is 0 Å². The molecule has 0 spiro atoms. The molecule has 0 aliphatic carbocycles. The van der Waals surface area contributed by atoms with Gasteiger partial charge in [0.1, 0.15) is 0 Å². The number of hydrogen-bond donors (Lipinski definition) is 2. The van der Waals surface area contributed by atoms with Gasteiger partial charge in [-0.15, -0.1) is 0 Å². The molecule has 2 saturated heterocycles. The van der Waals surface area contributed by atoms with Crippen molar-refractivity contribution in [3.63, 3.8) is 0 Å². The molecule has 1 aromatic rings.